The third-order valence-electron chi connectivity index (χ3n) is 2.19. The van der Waals surface area contributed by atoms with Crippen LogP contribution in [-0.2, 0) is 4.79 Å². The first-order valence-corrected chi connectivity index (χ1v) is 4.74. The molecule has 0 N–H and O–H groups in total. The van der Waals surface area contributed by atoms with Crippen LogP contribution in [0.4, 0.5) is 52.7 Å². The number of carbonyl (C=O) groups is 1. The van der Waals surface area contributed by atoms with Crippen LogP contribution in [0.2, 0.25) is 0 Å². The van der Waals surface area contributed by atoms with Crippen LogP contribution in [0.1, 0.15) is 0 Å². The van der Waals surface area contributed by atoms with Crippen molar-refractivity contribution in [2.24, 2.45) is 0 Å². The van der Waals surface area contributed by atoms with Gasteiger partial charge in [0.15, 0.2) is 0 Å². The zero-order chi connectivity index (χ0) is 18.6. The molecule has 0 unspecified atom stereocenters. The van der Waals surface area contributed by atoms with E-state index in [-0.39, 0.29) is 29.6 Å². The molecule has 0 saturated carbocycles. The van der Waals surface area contributed by atoms with E-state index in [1.165, 1.54) is 0 Å². The van der Waals surface area contributed by atoms with Gasteiger partial charge in [-0.2, -0.15) is 52.7 Å². The molecular weight excluding hydrogens is 402 g/mol. The topological polar surface area (TPSA) is 40.1 Å². The summed E-state index contributed by atoms with van der Waals surface area (Å²) >= 11 is 3.38. The molecule has 0 amide bonds. The van der Waals surface area contributed by atoms with Crippen LogP contribution >= 0.6 is 11.6 Å². The summed E-state index contributed by atoms with van der Waals surface area (Å²) in [5.41, 5.74) is 0. The fourth-order valence-corrected chi connectivity index (χ4v) is 1.02. The van der Waals surface area contributed by atoms with E-state index >= 15 is 0 Å². The largest absolute Gasteiger partial charge is 1.00 e. The van der Waals surface area contributed by atoms with Crippen LogP contribution in [0, 0.1) is 0 Å². The molecule has 0 atom stereocenters. The number of carbonyl (C=O) groups excluding carboxylic acids is 1. The quantitative estimate of drug-likeness (QED) is 0.349. The Morgan fingerprint density at radius 2 is 0.913 bits per heavy atom. The van der Waals surface area contributed by atoms with Gasteiger partial charge in [-0.15, -0.1) is 0 Å². The SMILES string of the molecule is O=C([O-])C(F)(F)C(F)(F)C(F)(F)C(F)(F)C(F)(F)C(F)(F)Cl.[Na+]. The second-order valence-corrected chi connectivity index (χ2v) is 4.13. The Labute approximate surface area is 145 Å². The minimum Gasteiger partial charge on any atom is -0.544 e. The minimum absolute atomic E-state index is 0. The molecule has 23 heavy (non-hydrogen) atoms. The molecule has 0 aromatic carbocycles. The van der Waals surface area contributed by atoms with Gasteiger partial charge in [-0.1, -0.05) is 0 Å². The van der Waals surface area contributed by atoms with E-state index < -0.39 is 41.0 Å². The Hall–Kier alpha value is -0.0800. The summed E-state index contributed by atoms with van der Waals surface area (Å²) in [5.74, 6) is -42.4. The van der Waals surface area contributed by atoms with Gasteiger partial charge < -0.3 is 9.90 Å². The molecule has 0 radical (unpaired) electrons. The van der Waals surface area contributed by atoms with Gasteiger partial charge in [-0.3, -0.25) is 0 Å². The van der Waals surface area contributed by atoms with Gasteiger partial charge in [-0.25, -0.2) is 0 Å². The summed E-state index contributed by atoms with van der Waals surface area (Å²) in [4.78, 5) is 9.61. The van der Waals surface area contributed by atoms with Gasteiger partial charge in [-0.05, 0) is 11.6 Å². The third kappa shape index (κ3) is 3.35. The van der Waals surface area contributed by atoms with Crippen LogP contribution < -0.4 is 34.7 Å². The summed E-state index contributed by atoms with van der Waals surface area (Å²) in [6, 6.07) is 0. The molecule has 0 aliphatic heterocycles. The van der Waals surface area contributed by atoms with Crippen LogP contribution in [-0.4, -0.2) is 41.0 Å². The molecule has 0 rings (SSSR count). The van der Waals surface area contributed by atoms with E-state index in [0.29, 0.717) is 0 Å². The maximum absolute atomic E-state index is 12.7. The molecule has 0 aliphatic carbocycles. The molecule has 2 nitrogen and oxygen atoms in total. The van der Waals surface area contributed by atoms with Gasteiger partial charge in [0.1, 0.15) is 5.97 Å². The molecule has 0 heterocycles. The molecule has 0 spiro atoms. The number of aliphatic carboxylic acids is 1. The first-order valence-electron chi connectivity index (χ1n) is 4.37. The standard InChI is InChI=1S/C7HClF12O2.Na/c8-7(19,20)6(17,18)5(15,16)4(13,14)3(11,12)2(9,10)1(21)22;/h(H,21,22);/q;+1/p-1. The smallest absolute Gasteiger partial charge is 0.544 e. The van der Waals surface area contributed by atoms with E-state index in [1.807, 2.05) is 0 Å². The molecule has 0 bridgehead atoms. The van der Waals surface area contributed by atoms with Crippen molar-refractivity contribution in [1.82, 2.24) is 0 Å². The Kier molecular flexibility index (Phi) is 6.93. The van der Waals surface area contributed by atoms with E-state index in [0.717, 1.165) is 0 Å². The van der Waals surface area contributed by atoms with Crippen LogP contribution in [0.3, 0.4) is 0 Å². The number of alkyl halides is 13. The molecule has 0 fully saturated rings. The van der Waals surface area contributed by atoms with Crippen molar-refractivity contribution in [1.29, 1.82) is 0 Å². The van der Waals surface area contributed by atoms with Crippen LogP contribution in [0.25, 0.3) is 0 Å². The predicted molar refractivity (Wildman–Crippen MR) is 40.5 cm³/mol. The van der Waals surface area contributed by atoms with E-state index in [2.05, 4.69) is 11.6 Å². The van der Waals surface area contributed by atoms with Crippen molar-refractivity contribution in [2.75, 3.05) is 0 Å². The predicted octanol–water partition coefficient (Wildman–Crippen LogP) is -0.252. The third-order valence-corrected chi connectivity index (χ3v) is 2.43. The zero-order valence-electron chi connectivity index (χ0n) is 10.2. The van der Waals surface area contributed by atoms with Crippen LogP contribution in [0.15, 0.2) is 0 Å². The van der Waals surface area contributed by atoms with Crippen molar-refractivity contribution in [3.8, 4) is 0 Å². The van der Waals surface area contributed by atoms with E-state index in [4.69, 9.17) is 0 Å². The van der Waals surface area contributed by atoms with Gasteiger partial charge in [0, 0.05) is 0 Å². The molecule has 16 heteroatoms. The van der Waals surface area contributed by atoms with Crippen molar-refractivity contribution < 1.29 is 92.1 Å². The number of carboxylic acids is 1. The van der Waals surface area contributed by atoms with Crippen molar-refractivity contribution in [3.63, 3.8) is 0 Å². The van der Waals surface area contributed by atoms with Crippen molar-refractivity contribution >= 4 is 17.6 Å². The maximum atomic E-state index is 12.7. The van der Waals surface area contributed by atoms with Crippen LogP contribution in [0.5, 0.6) is 0 Å². The van der Waals surface area contributed by atoms with Gasteiger partial charge in [0.2, 0.25) is 0 Å². The number of rotatable bonds is 6. The zero-order valence-corrected chi connectivity index (χ0v) is 13.0. The monoisotopic (exact) mass is 402 g/mol. The van der Waals surface area contributed by atoms with E-state index in [9.17, 15) is 62.6 Å². The van der Waals surface area contributed by atoms with Gasteiger partial charge in [0.25, 0.3) is 0 Å². The Morgan fingerprint density at radius 1 is 0.652 bits per heavy atom. The average molecular weight is 402 g/mol. The summed E-state index contributed by atoms with van der Waals surface area (Å²) in [6.45, 7) is 0. The Balaban J connectivity index is 0. The average Bonchev–Trinajstić information content (AvgIpc) is 2.25. The van der Waals surface area contributed by atoms with Gasteiger partial charge in [0.05, 0.1) is 0 Å². The molecule has 0 saturated heterocycles. The first kappa shape index (κ1) is 25.2. The number of hydrogen-bond donors (Lipinski definition) is 0. The summed E-state index contributed by atoms with van der Waals surface area (Å²) in [5, 5.41) is 3.04. The summed E-state index contributed by atoms with van der Waals surface area (Å²) < 4.78 is 150. The number of carboxylic acid groups (broad SMARTS) is 1. The fraction of sp³-hybridized carbons (Fsp3) is 0.857. The Bertz CT molecular complexity index is 459. The molecular formula is C7ClF12NaO2. The first-order chi connectivity index (χ1) is 9.19. The fourth-order valence-electron chi connectivity index (χ4n) is 0.898. The molecule has 0 aliphatic rings. The normalized spacial score (nSPS) is 15.2. The minimum atomic E-state index is -7.95. The van der Waals surface area contributed by atoms with E-state index in [1.54, 1.807) is 0 Å². The molecule has 132 valence electrons. The Morgan fingerprint density at radius 3 is 1.13 bits per heavy atom. The second-order valence-electron chi connectivity index (χ2n) is 3.66. The molecule has 0 aromatic rings. The van der Waals surface area contributed by atoms with Gasteiger partial charge >= 0.3 is 64.6 Å². The molecule has 0 aromatic heterocycles. The van der Waals surface area contributed by atoms with Crippen molar-refractivity contribution in [3.05, 3.63) is 0 Å². The number of halogens is 13. The summed E-state index contributed by atoms with van der Waals surface area (Å²) in [7, 11) is 0. The summed E-state index contributed by atoms with van der Waals surface area (Å²) in [6.07, 6.45) is 0. The second kappa shape index (κ2) is 6.33. The van der Waals surface area contributed by atoms with Crippen molar-refractivity contribution in [2.45, 2.75) is 35.0 Å². The maximum Gasteiger partial charge on any atom is 1.00 e. The number of hydrogen-bond acceptors (Lipinski definition) is 2.